The standard InChI is InChI=1S/C23H32O6/c1-13(24)29-12-19(27)23(28)9-7-17-16-5-4-14-10-15(25)6-8-21(14,2)20(16)18(26)11-22(17,23)3/h14,16-17,20,28H,4-12H2,1-3H3/t14-,16-,17+,20+,21-,22-,23-/m0/s1. The summed E-state index contributed by atoms with van der Waals surface area (Å²) in [5.74, 6) is -0.187. The minimum atomic E-state index is -1.63. The van der Waals surface area contributed by atoms with Gasteiger partial charge in [-0.25, -0.2) is 0 Å². The van der Waals surface area contributed by atoms with Crippen LogP contribution in [0.2, 0.25) is 0 Å². The first kappa shape index (κ1) is 20.7. The van der Waals surface area contributed by atoms with Crippen LogP contribution in [-0.4, -0.2) is 40.6 Å². The zero-order valence-corrected chi connectivity index (χ0v) is 17.7. The highest BCUT2D eigenvalue weighted by Gasteiger charge is 2.69. The minimum Gasteiger partial charge on any atom is -0.458 e. The second-order valence-corrected chi connectivity index (χ2v) is 10.4. The van der Waals surface area contributed by atoms with Crippen LogP contribution < -0.4 is 0 Å². The van der Waals surface area contributed by atoms with Crippen molar-refractivity contribution in [1.82, 2.24) is 0 Å². The number of Topliss-reactive ketones (excluding diaryl/α,β-unsaturated/α-hetero) is 3. The Labute approximate surface area is 171 Å². The van der Waals surface area contributed by atoms with Crippen LogP contribution in [0.5, 0.6) is 0 Å². The van der Waals surface area contributed by atoms with Gasteiger partial charge in [-0.15, -0.1) is 0 Å². The Kier molecular flexibility index (Phi) is 4.80. The van der Waals surface area contributed by atoms with E-state index in [9.17, 15) is 24.3 Å². The number of fused-ring (bicyclic) bond motifs is 5. The number of carbonyl (C=O) groups is 4. The highest BCUT2D eigenvalue weighted by molar-refractivity contribution is 5.93. The molecule has 0 spiro atoms. The summed E-state index contributed by atoms with van der Waals surface area (Å²) < 4.78 is 4.87. The van der Waals surface area contributed by atoms with Crippen molar-refractivity contribution in [2.75, 3.05) is 6.61 Å². The van der Waals surface area contributed by atoms with Gasteiger partial charge in [0.1, 0.15) is 17.2 Å². The van der Waals surface area contributed by atoms with Crippen LogP contribution in [0.3, 0.4) is 0 Å². The van der Waals surface area contributed by atoms with Crippen molar-refractivity contribution < 1.29 is 29.0 Å². The number of aliphatic hydroxyl groups is 1. The number of carbonyl (C=O) groups excluding carboxylic acids is 4. The van der Waals surface area contributed by atoms with Crippen LogP contribution >= 0.6 is 0 Å². The van der Waals surface area contributed by atoms with E-state index in [0.29, 0.717) is 31.5 Å². The predicted octanol–water partition coefficient (Wildman–Crippen LogP) is 2.64. The molecular formula is C23H32O6. The average molecular weight is 405 g/mol. The maximum absolute atomic E-state index is 13.5. The van der Waals surface area contributed by atoms with E-state index in [0.717, 1.165) is 19.3 Å². The number of hydrogen-bond donors (Lipinski definition) is 1. The molecule has 0 aromatic heterocycles. The Morgan fingerprint density at radius 2 is 1.86 bits per heavy atom. The molecule has 0 radical (unpaired) electrons. The second kappa shape index (κ2) is 6.73. The Morgan fingerprint density at radius 3 is 2.55 bits per heavy atom. The summed E-state index contributed by atoms with van der Waals surface area (Å²) in [5, 5.41) is 11.4. The molecule has 0 aromatic carbocycles. The summed E-state index contributed by atoms with van der Waals surface area (Å²) in [5.41, 5.74) is -2.61. The van der Waals surface area contributed by atoms with Gasteiger partial charge in [-0.2, -0.15) is 0 Å². The Balaban J connectivity index is 1.64. The fourth-order valence-corrected chi connectivity index (χ4v) is 7.61. The molecule has 4 aliphatic carbocycles. The van der Waals surface area contributed by atoms with E-state index < -0.39 is 29.4 Å². The number of ketones is 3. The van der Waals surface area contributed by atoms with E-state index in [4.69, 9.17) is 4.74 Å². The highest BCUT2D eigenvalue weighted by Crippen LogP contribution is 2.67. The normalized spacial score (nSPS) is 46.5. The van der Waals surface area contributed by atoms with Crippen LogP contribution in [0.15, 0.2) is 0 Å². The lowest BCUT2D eigenvalue weighted by molar-refractivity contribution is -0.180. The molecule has 4 aliphatic rings. The summed E-state index contributed by atoms with van der Waals surface area (Å²) in [6.45, 7) is 4.86. The van der Waals surface area contributed by atoms with Crippen LogP contribution in [-0.2, 0) is 23.9 Å². The third kappa shape index (κ3) is 2.85. The maximum Gasteiger partial charge on any atom is 0.303 e. The summed E-state index contributed by atoms with van der Waals surface area (Å²) in [7, 11) is 0. The molecule has 0 bridgehead atoms. The fraction of sp³-hybridized carbons (Fsp3) is 0.826. The van der Waals surface area contributed by atoms with E-state index in [1.54, 1.807) is 0 Å². The predicted molar refractivity (Wildman–Crippen MR) is 104 cm³/mol. The van der Waals surface area contributed by atoms with E-state index in [1.165, 1.54) is 6.92 Å². The molecule has 6 nitrogen and oxygen atoms in total. The van der Waals surface area contributed by atoms with Gasteiger partial charge >= 0.3 is 5.97 Å². The summed E-state index contributed by atoms with van der Waals surface area (Å²) in [6, 6.07) is 0. The molecule has 1 N–H and O–H groups in total. The molecule has 4 saturated carbocycles. The first-order chi connectivity index (χ1) is 13.5. The zero-order chi connectivity index (χ0) is 21.2. The first-order valence-corrected chi connectivity index (χ1v) is 11.0. The van der Waals surface area contributed by atoms with Crippen molar-refractivity contribution in [1.29, 1.82) is 0 Å². The highest BCUT2D eigenvalue weighted by atomic mass is 16.5. The van der Waals surface area contributed by atoms with Gasteiger partial charge in [0.15, 0.2) is 6.61 Å². The number of ether oxygens (including phenoxy) is 1. The molecule has 29 heavy (non-hydrogen) atoms. The summed E-state index contributed by atoms with van der Waals surface area (Å²) >= 11 is 0. The van der Waals surface area contributed by atoms with Gasteiger partial charge in [0, 0.05) is 37.5 Å². The van der Waals surface area contributed by atoms with Crippen LogP contribution in [0, 0.1) is 34.5 Å². The third-order valence-corrected chi connectivity index (χ3v) is 9.19. The number of rotatable bonds is 3. The molecule has 7 atom stereocenters. The van der Waals surface area contributed by atoms with Crippen molar-refractivity contribution in [2.45, 2.75) is 77.7 Å². The SMILES string of the molecule is CC(=O)OCC(=O)[C@@]1(O)CC[C@@H]2[C@@H]3CC[C@H]4CC(=O)CC[C@]4(C)[C@H]3C(=O)C[C@@]21C. The summed E-state index contributed by atoms with van der Waals surface area (Å²) in [4.78, 5) is 49.5. The average Bonchev–Trinajstić information content (AvgIpc) is 2.91. The van der Waals surface area contributed by atoms with Crippen molar-refractivity contribution in [3.05, 3.63) is 0 Å². The Morgan fingerprint density at radius 1 is 1.14 bits per heavy atom. The number of hydrogen-bond acceptors (Lipinski definition) is 6. The van der Waals surface area contributed by atoms with Crippen molar-refractivity contribution in [3.63, 3.8) is 0 Å². The van der Waals surface area contributed by atoms with Crippen LogP contribution in [0.4, 0.5) is 0 Å². The van der Waals surface area contributed by atoms with E-state index in [-0.39, 0.29) is 41.3 Å². The molecule has 0 unspecified atom stereocenters. The molecular weight excluding hydrogens is 372 g/mol. The van der Waals surface area contributed by atoms with E-state index in [2.05, 4.69) is 6.92 Å². The van der Waals surface area contributed by atoms with Gasteiger partial charge < -0.3 is 9.84 Å². The minimum absolute atomic E-state index is 0.0849. The molecule has 160 valence electrons. The van der Waals surface area contributed by atoms with E-state index >= 15 is 0 Å². The van der Waals surface area contributed by atoms with E-state index in [1.807, 2.05) is 6.92 Å². The van der Waals surface area contributed by atoms with Crippen LogP contribution in [0.1, 0.15) is 72.1 Å². The topological polar surface area (TPSA) is 97.7 Å². The quantitative estimate of drug-likeness (QED) is 0.726. The van der Waals surface area contributed by atoms with Crippen molar-refractivity contribution >= 4 is 23.3 Å². The summed E-state index contributed by atoms with van der Waals surface area (Å²) in [6.07, 6.45) is 4.90. The van der Waals surface area contributed by atoms with Gasteiger partial charge in [-0.3, -0.25) is 19.2 Å². The molecule has 0 amide bonds. The van der Waals surface area contributed by atoms with Crippen LogP contribution in [0.25, 0.3) is 0 Å². The van der Waals surface area contributed by atoms with Gasteiger partial charge in [0.05, 0.1) is 0 Å². The molecule has 0 aliphatic heterocycles. The molecule has 0 saturated heterocycles. The molecule has 4 fully saturated rings. The molecule has 0 heterocycles. The Bertz CT molecular complexity index is 773. The lowest BCUT2D eigenvalue weighted by atomic mass is 9.44. The molecule has 4 rings (SSSR count). The van der Waals surface area contributed by atoms with Gasteiger partial charge in [-0.05, 0) is 55.3 Å². The third-order valence-electron chi connectivity index (χ3n) is 9.19. The van der Waals surface area contributed by atoms with Gasteiger partial charge in [-0.1, -0.05) is 13.8 Å². The Hall–Kier alpha value is -1.56. The monoisotopic (exact) mass is 404 g/mol. The maximum atomic E-state index is 13.5. The fourth-order valence-electron chi connectivity index (χ4n) is 7.61. The zero-order valence-electron chi connectivity index (χ0n) is 17.7. The second-order valence-electron chi connectivity index (χ2n) is 10.4. The number of esters is 1. The van der Waals surface area contributed by atoms with Gasteiger partial charge in [0.25, 0.3) is 0 Å². The first-order valence-electron chi connectivity index (χ1n) is 11.0. The lowest BCUT2D eigenvalue weighted by Crippen LogP contribution is -2.62. The van der Waals surface area contributed by atoms with Crippen molar-refractivity contribution in [3.8, 4) is 0 Å². The molecule has 0 aromatic rings. The lowest BCUT2D eigenvalue weighted by Gasteiger charge is -2.59. The smallest absolute Gasteiger partial charge is 0.303 e. The van der Waals surface area contributed by atoms with Crippen molar-refractivity contribution in [2.24, 2.45) is 34.5 Å². The van der Waals surface area contributed by atoms with Gasteiger partial charge in [0.2, 0.25) is 5.78 Å². The largest absolute Gasteiger partial charge is 0.458 e. The molecule has 6 heteroatoms.